The molecule has 1 atom stereocenters. The second-order valence-electron chi connectivity index (χ2n) is 7.90. The van der Waals surface area contributed by atoms with Gasteiger partial charge >= 0.3 is 0 Å². The number of para-hydroxylation sites is 2. The van der Waals surface area contributed by atoms with E-state index in [1.807, 2.05) is 0 Å². The maximum atomic E-state index is 11.6. The molecule has 0 spiro atoms. The van der Waals surface area contributed by atoms with Crippen molar-refractivity contribution >= 4 is 28.4 Å². The van der Waals surface area contributed by atoms with Gasteiger partial charge in [0.1, 0.15) is 18.5 Å². The van der Waals surface area contributed by atoms with Crippen LogP contribution >= 0.6 is 0 Å². The molecule has 16 nitrogen and oxygen atoms in total. The topological polar surface area (TPSA) is 199 Å². The fraction of sp³-hybridized carbons (Fsp3) is 0.478. The lowest BCUT2D eigenvalue weighted by Crippen LogP contribution is -2.29. The van der Waals surface area contributed by atoms with E-state index >= 15 is 0 Å². The van der Waals surface area contributed by atoms with Gasteiger partial charge in [0.25, 0.3) is 17.1 Å². The fourth-order valence-corrected chi connectivity index (χ4v) is 3.36. The molecule has 0 aliphatic carbocycles. The molecule has 0 radical (unpaired) electrons. The number of nitrogens with zero attached hydrogens (tertiary/aromatic N) is 4. The zero-order valence-electron chi connectivity index (χ0n) is 20.8. The molecule has 2 aromatic rings. The minimum atomic E-state index is -0.970. The van der Waals surface area contributed by atoms with E-state index < -0.39 is 43.6 Å². The van der Waals surface area contributed by atoms with Crippen molar-refractivity contribution in [3.63, 3.8) is 0 Å². The van der Waals surface area contributed by atoms with E-state index in [4.69, 9.17) is 28.4 Å². The van der Waals surface area contributed by atoms with Crippen molar-refractivity contribution in [1.82, 2.24) is 0 Å². The van der Waals surface area contributed by atoms with Crippen LogP contribution in [0.3, 0.4) is 0 Å². The zero-order valence-corrected chi connectivity index (χ0v) is 20.8. The Morgan fingerprint density at radius 3 is 1.87 bits per heavy atom. The first-order chi connectivity index (χ1) is 18.9. The normalized spacial score (nSPS) is 17.8. The number of hydrogen-bond donors (Lipinski definition) is 0. The van der Waals surface area contributed by atoms with Crippen molar-refractivity contribution < 1.29 is 43.2 Å². The third kappa shape index (κ3) is 9.38. The zero-order chi connectivity index (χ0) is 28.0. The molecule has 39 heavy (non-hydrogen) atoms. The van der Waals surface area contributed by atoms with Crippen LogP contribution in [-0.4, -0.2) is 86.9 Å². The summed E-state index contributed by atoms with van der Waals surface area (Å²) in [5.41, 5.74) is -3.21. The van der Waals surface area contributed by atoms with Crippen molar-refractivity contribution in [3.05, 3.63) is 72.1 Å². The van der Waals surface area contributed by atoms with Gasteiger partial charge < -0.3 is 33.7 Å². The number of non-ortho nitro benzene ring substituents is 1. The van der Waals surface area contributed by atoms with Gasteiger partial charge in [0.15, 0.2) is 0 Å². The number of benzene rings is 2. The predicted octanol–water partition coefficient (Wildman–Crippen LogP) is 3.59. The first-order valence-corrected chi connectivity index (χ1v) is 11.8. The Morgan fingerprint density at radius 1 is 0.769 bits per heavy atom. The van der Waals surface area contributed by atoms with Crippen LogP contribution in [0.25, 0.3) is 5.32 Å². The molecule has 1 unspecified atom stereocenters. The van der Waals surface area contributed by atoms with Gasteiger partial charge in [0, 0.05) is 5.69 Å². The maximum Gasteiger partial charge on any atom is 0.283 e. The molecular formula is C23H27N4O12-. The van der Waals surface area contributed by atoms with E-state index in [-0.39, 0.29) is 31.3 Å². The second kappa shape index (κ2) is 15.5. The standard InChI is InChI=1S/C23H27N4O12/c28-25(29)17-13-20(26(30)31)23(21(14-17)27(32)33)24-19-3-1-2-4-22(19)39-16-18-15-37-10-9-35-6-5-34-7-8-36-11-12-38-18/h1-4,13-14,18H,5-12,15-16H2/q-1. The van der Waals surface area contributed by atoms with E-state index in [9.17, 15) is 30.3 Å². The minimum absolute atomic E-state index is 0.0129. The Labute approximate surface area is 222 Å². The summed E-state index contributed by atoms with van der Waals surface area (Å²) in [6.45, 7) is 3.10. The van der Waals surface area contributed by atoms with Gasteiger partial charge in [0.05, 0.1) is 86.4 Å². The van der Waals surface area contributed by atoms with Gasteiger partial charge in [-0.05, 0) is 6.07 Å². The lowest BCUT2D eigenvalue weighted by atomic mass is 10.2. The Morgan fingerprint density at radius 2 is 1.31 bits per heavy atom. The highest BCUT2D eigenvalue weighted by Crippen LogP contribution is 2.49. The van der Waals surface area contributed by atoms with Crippen molar-refractivity contribution in [1.29, 1.82) is 0 Å². The largest absolute Gasteiger partial charge is 0.644 e. The molecule has 1 fully saturated rings. The fourth-order valence-electron chi connectivity index (χ4n) is 3.36. The molecule has 1 aliphatic rings. The monoisotopic (exact) mass is 551 g/mol. The van der Waals surface area contributed by atoms with E-state index in [1.165, 1.54) is 12.1 Å². The highest BCUT2D eigenvalue weighted by atomic mass is 16.6. The van der Waals surface area contributed by atoms with Crippen LogP contribution in [0.4, 0.5) is 28.4 Å². The van der Waals surface area contributed by atoms with Gasteiger partial charge in [-0.3, -0.25) is 30.3 Å². The molecule has 1 aliphatic heterocycles. The summed E-state index contributed by atoms with van der Waals surface area (Å²) in [7, 11) is 0. The summed E-state index contributed by atoms with van der Waals surface area (Å²) in [5.74, 6) is 0.149. The van der Waals surface area contributed by atoms with Gasteiger partial charge in [-0.1, -0.05) is 23.9 Å². The average Bonchev–Trinajstić information content (AvgIpc) is 2.92. The SMILES string of the molecule is O=[N+]([O-])c1cc([N+](=O)[O-])c([N-]c2ccccc2OCC2COCCOCCOCCOCCO2)c([N+](=O)[O-])c1. The summed E-state index contributed by atoms with van der Waals surface area (Å²) in [6.07, 6.45) is -0.536. The lowest BCUT2D eigenvalue weighted by molar-refractivity contribution is -0.401. The van der Waals surface area contributed by atoms with Crippen LogP contribution in [-0.2, 0) is 23.7 Å². The molecule has 0 amide bonds. The Bertz CT molecular complexity index is 1080. The third-order valence-corrected chi connectivity index (χ3v) is 5.18. The predicted molar refractivity (Wildman–Crippen MR) is 134 cm³/mol. The number of hydrogen-bond acceptors (Lipinski definition) is 12. The van der Waals surface area contributed by atoms with Crippen molar-refractivity contribution in [2.24, 2.45) is 0 Å². The molecule has 1 heterocycles. The molecule has 3 rings (SSSR count). The van der Waals surface area contributed by atoms with Crippen LogP contribution in [0.5, 0.6) is 5.75 Å². The van der Waals surface area contributed by atoms with Gasteiger partial charge in [-0.25, -0.2) is 0 Å². The molecule has 1 saturated heterocycles. The van der Waals surface area contributed by atoms with Crippen LogP contribution in [0.2, 0.25) is 0 Å². The quantitative estimate of drug-likeness (QED) is 0.341. The summed E-state index contributed by atoms with van der Waals surface area (Å²) in [6, 6.07) is 7.37. The Kier molecular flexibility index (Phi) is 11.7. The van der Waals surface area contributed by atoms with Gasteiger partial charge in [-0.15, -0.1) is 0 Å². The van der Waals surface area contributed by atoms with E-state index in [2.05, 4.69) is 5.32 Å². The average molecular weight is 551 g/mol. The Hall–Kier alpha value is -3.96. The molecule has 212 valence electrons. The van der Waals surface area contributed by atoms with Crippen molar-refractivity contribution in [2.75, 3.05) is 66.1 Å². The number of rotatable bonds is 8. The Balaban J connectivity index is 1.76. The summed E-state index contributed by atoms with van der Waals surface area (Å²) >= 11 is 0. The second-order valence-corrected chi connectivity index (χ2v) is 7.90. The van der Waals surface area contributed by atoms with Gasteiger partial charge in [0.2, 0.25) is 0 Å². The first kappa shape index (κ1) is 29.6. The molecule has 0 aromatic heterocycles. The van der Waals surface area contributed by atoms with E-state index in [0.717, 1.165) is 0 Å². The van der Waals surface area contributed by atoms with Crippen LogP contribution in [0.1, 0.15) is 0 Å². The van der Waals surface area contributed by atoms with Crippen LogP contribution < -0.4 is 4.74 Å². The summed E-state index contributed by atoms with van der Waals surface area (Å²) in [5, 5.41) is 38.5. The first-order valence-electron chi connectivity index (χ1n) is 11.8. The number of nitro groups is 3. The smallest absolute Gasteiger partial charge is 0.283 e. The minimum Gasteiger partial charge on any atom is -0.644 e. The van der Waals surface area contributed by atoms with Crippen LogP contribution in [0.15, 0.2) is 36.4 Å². The molecule has 0 saturated carbocycles. The van der Waals surface area contributed by atoms with Crippen molar-refractivity contribution in [2.45, 2.75) is 6.10 Å². The van der Waals surface area contributed by atoms with E-state index in [1.54, 1.807) is 12.1 Å². The van der Waals surface area contributed by atoms with Gasteiger partial charge in [-0.2, -0.15) is 0 Å². The third-order valence-electron chi connectivity index (χ3n) is 5.18. The molecular weight excluding hydrogens is 524 g/mol. The number of nitro benzene ring substituents is 3. The molecule has 0 N–H and O–H groups in total. The molecule has 16 heteroatoms. The van der Waals surface area contributed by atoms with E-state index in [0.29, 0.717) is 58.4 Å². The highest BCUT2D eigenvalue weighted by molar-refractivity contribution is 5.86. The van der Waals surface area contributed by atoms with Crippen molar-refractivity contribution in [3.8, 4) is 5.75 Å². The molecule has 0 bridgehead atoms. The van der Waals surface area contributed by atoms with Crippen LogP contribution in [0, 0.1) is 30.3 Å². The molecule has 2 aromatic carbocycles. The summed E-state index contributed by atoms with van der Waals surface area (Å²) in [4.78, 5) is 31.5. The highest BCUT2D eigenvalue weighted by Gasteiger charge is 2.26. The lowest BCUT2D eigenvalue weighted by Gasteiger charge is -2.26. The number of ether oxygens (including phenoxy) is 6. The summed E-state index contributed by atoms with van der Waals surface area (Å²) < 4.78 is 33.5. The maximum absolute atomic E-state index is 11.6.